The number of rotatable bonds is 2. The van der Waals surface area contributed by atoms with E-state index < -0.39 is 0 Å². The van der Waals surface area contributed by atoms with Crippen molar-refractivity contribution in [2.24, 2.45) is 0 Å². The zero-order chi connectivity index (χ0) is 12.3. The van der Waals surface area contributed by atoms with Crippen LogP contribution >= 0.6 is 11.6 Å². The number of benzene rings is 1. The van der Waals surface area contributed by atoms with Crippen LogP contribution in [0, 0.1) is 11.3 Å². The maximum absolute atomic E-state index is 8.72. The predicted octanol–water partition coefficient (Wildman–Crippen LogP) is 2.98. The zero-order valence-corrected chi connectivity index (χ0v) is 9.48. The highest BCUT2D eigenvalue weighted by molar-refractivity contribution is 6.32. The third-order valence-electron chi connectivity index (χ3n) is 2.06. The van der Waals surface area contributed by atoms with E-state index in [1.807, 2.05) is 6.07 Å². The molecule has 0 saturated heterocycles. The fourth-order valence-electron chi connectivity index (χ4n) is 1.29. The van der Waals surface area contributed by atoms with Crippen molar-refractivity contribution in [2.75, 3.05) is 5.73 Å². The number of hydrogen-bond acceptors (Lipinski definition) is 4. The van der Waals surface area contributed by atoms with Crippen LogP contribution in [0.2, 0.25) is 5.02 Å². The molecule has 84 valence electrons. The lowest BCUT2D eigenvalue weighted by atomic mass is 10.3. The molecule has 0 aliphatic rings. The van der Waals surface area contributed by atoms with Gasteiger partial charge in [0.1, 0.15) is 17.5 Å². The minimum absolute atomic E-state index is 0.271. The van der Waals surface area contributed by atoms with E-state index in [0.29, 0.717) is 22.2 Å². The second-order valence-corrected chi connectivity index (χ2v) is 3.66. The molecule has 0 bridgehead atoms. The van der Waals surface area contributed by atoms with Gasteiger partial charge in [0.05, 0.1) is 10.7 Å². The van der Waals surface area contributed by atoms with Gasteiger partial charge < -0.3 is 10.5 Å². The van der Waals surface area contributed by atoms with Crippen LogP contribution in [0.4, 0.5) is 5.69 Å². The Kier molecular flexibility index (Phi) is 3.12. The Morgan fingerprint density at radius 1 is 1.35 bits per heavy atom. The first-order chi connectivity index (χ1) is 8.20. The molecule has 4 nitrogen and oxygen atoms in total. The summed E-state index contributed by atoms with van der Waals surface area (Å²) < 4.78 is 5.53. The first-order valence-electron chi connectivity index (χ1n) is 4.78. The molecule has 5 heteroatoms. The number of nitriles is 1. The highest BCUT2D eigenvalue weighted by Crippen LogP contribution is 2.34. The minimum Gasteiger partial charge on any atom is -0.453 e. The zero-order valence-electron chi connectivity index (χ0n) is 8.72. The van der Waals surface area contributed by atoms with Gasteiger partial charge in [0.2, 0.25) is 0 Å². The first kappa shape index (κ1) is 11.2. The second kappa shape index (κ2) is 4.73. The smallest absolute Gasteiger partial charge is 0.168 e. The van der Waals surface area contributed by atoms with Gasteiger partial charge >= 0.3 is 0 Å². The molecule has 1 aromatic carbocycles. The summed E-state index contributed by atoms with van der Waals surface area (Å²) in [7, 11) is 0. The number of hydrogen-bond donors (Lipinski definition) is 1. The summed E-state index contributed by atoms with van der Waals surface area (Å²) in [4.78, 5) is 3.84. The van der Waals surface area contributed by atoms with Crippen LogP contribution in [-0.2, 0) is 0 Å². The molecule has 0 saturated carbocycles. The fourth-order valence-corrected chi connectivity index (χ4v) is 1.51. The Morgan fingerprint density at radius 2 is 2.18 bits per heavy atom. The molecule has 2 aromatic rings. The molecule has 0 unspecified atom stereocenters. The van der Waals surface area contributed by atoms with Crippen molar-refractivity contribution in [3.63, 3.8) is 0 Å². The molecule has 0 radical (unpaired) electrons. The molecular formula is C12H8ClN3O. The van der Waals surface area contributed by atoms with Gasteiger partial charge in [-0.15, -0.1) is 0 Å². The Balaban J connectivity index is 2.35. The monoisotopic (exact) mass is 245 g/mol. The molecule has 0 aliphatic carbocycles. The molecular weight excluding hydrogens is 238 g/mol. The van der Waals surface area contributed by atoms with Crippen LogP contribution in [-0.4, -0.2) is 4.98 Å². The van der Waals surface area contributed by atoms with Gasteiger partial charge in [-0.25, -0.2) is 4.98 Å². The standard InChI is InChI=1S/C12H8ClN3O/c13-10-2-1-3-11(15)12(10)17-9-4-5-16-8(6-9)7-14/h1-6H,15H2. The van der Waals surface area contributed by atoms with Gasteiger partial charge in [0.25, 0.3) is 0 Å². The Labute approximate surface area is 103 Å². The Bertz CT molecular complexity index is 572. The van der Waals surface area contributed by atoms with Gasteiger partial charge in [-0.3, -0.25) is 0 Å². The summed E-state index contributed by atoms with van der Waals surface area (Å²) in [6.07, 6.45) is 1.49. The number of anilines is 1. The molecule has 0 amide bonds. The summed E-state index contributed by atoms with van der Waals surface area (Å²) in [5, 5.41) is 9.14. The van der Waals surface area contributed by atoms with Crippen LogP contribution < -0.4 is 10.5 Å². The Hall–Kier alpha value is -2.25. The lowest BCUT2D eigenvalue weighted by molar-refractivity contribution is 0.484. The van der Waals surface area contributed by atoms with Crippen molar-refractivity contribution in [3.05, 3.63) is 47.2 Å². The van der Waals surface area contributed by atoms with Gasteiger partial charge in [-0.1, -0.05) is 17.7 Å². The lowest BCUT2D eigenvalue weighted by Crippen LogP contribution is -1.93. The number of pyridine rings is 1. The number of ether oxygens (including phenoxy) is 1. The fraction of sp³-hybridized carbons (Fsp3) is 0. The van der Waals surface area contributed by atoms with Crippen LogP contribution in [0.15, 0.2) is 36.5 Å². The predicted molar refractivity (Wildman–Crippen MR) is 64.9 cm³/mol. The van der Waals surface area contributed by atoms with Crippen molar-refractivity contribution in [1.29, 1.82) is 5.26 Å². The Morgan fingerprint density at radius 3 is 2.88 bits per heavy atom. The van der Waals surface area contributed by atoms with Gasteiger partial charge in [-0.2, -0.15) is 5.26 Å². The molecule has 0 atom stereocenters. The summed E-state index contributed by atoms with van der Waals surface area (Å²) in [6, 6.07) is 10.2. The first-order valence-corrected chi connectivity index (χ1v) is 5.16. The maximum atomic E-state index is 8.72. The highest BCUT2D eigenvalue weighted by Gasteiger charge is 2.07. The molecule has 2 rings (SSSR count). The van der Waals surface area contributed by atoms with E-state index in [1.54, 1.807) is 24.3 Å². The molecule has 0 spiro atoms. The van der Waals surface area contributed by atoms with Crippen molar-refractivity contribution in [2.45, 2.75) is 0 Å². The van der Waals surface area contributed by atoms with Crippen LogP contribution in [0.25, 0.3) is 0 Å². The van der Waals surface area contributed by atoms with E-state index in [0.717, 1.165) is 0 Å². The van der Waals surface area contributed by atoms with Crippen molar-refractivity contribution in [3.8, 4) is 17.6 Å². The number of halogens is 1. The van der Waals surface area contributed by atoms with E-state index in [9.17, 15) is 0 Å². The van der Waals surface area contributed by atoms with E-state index in [2.05, 4.69) is 4.98 Å². The number of aromatic nitrogens is 1. The largest absolute Gasteiger partial charge is 0.453 e. The SMILES string of the molecule is N#Cc1cc(Oc2c(N)cccc2Cl)ccn1. The average molecular weight is 246 g/mol. The van der Waals surface area contributed by atoms with E-state index in [4.69, 9.17) is 27.3 Å². The summed E-state index contributed by atoms with van der Waals surface area (Å²) in [5.74, 6) is 0.848. The van der Waals surface area contributed by atoms with E-state index in [1.165, 1.54) is 12.3 Å². The molecule has 0 fully saturated rings. The molecule has 1 aromatic heterocycles. The minimum atomic E-state index is 0.271. The number of nitrogens with two attached hydrogens (primary N) is 1. The molecule has 1 heterocycles. The average Bonchev–Trinajstić information content (AvgIpc) is 2.34. The molecule has 17 heavy (non-hydrogen) atoms. The third kappa shape index (κ3) is 2.47. The summed E-state index contributed by atoms with van der Waals surface area (Å²) in [5.41, 5.74) is 6.46. The lowest BCUT2D eigenvalue weighted by Gasteiger charge is -2.09. The van der Waals surface area contributed by atoms with Gasteiger partial charge in [-0.05, 0) is 18.2 Å². The van der Waals surface area contributed by atoms with Crippen molar-refractivity contribution >= 4 is 17.3 Å². The van der Waals surface area contributed by atoms with Crippen molar-refractivity contribution in [1.82, 2.24) is 4.98 Å². The summed E-state index contributed by atoms with van der Waals surface area (Å²) >= 11 is 5.97. The van der Waals surface area contributed by atoms with Gasteiger partial charge in [0.15, 0.2) is 5.75 Å². The number of nitrogens with zero attached hydrogens (tertiary/aromatic N) is 2. The highest BCUT2D eigenvalue weighted by atomic mass is 35.5. The quantitative estimate of drug-likeness (QED) is 0.826. The van der Waals surface area contributed by atoms with Crippen LogP contribution in [0.1, 0.15) is 5.69 Å². The number of nitrogen functional groups attached to an aromatic ring is 1. The molecule has 0 aliphatic heterocycles. The van der Waals surface area contributed by atoms with Crippen LogP contribution in [0.3, 0.4) is 0 Å². The third-order valence-corrected chi connectivity index (χ3v) is 2.36. The molecule has 2 N–H and O–H groups in total. The second-order valence-electron chi connectivity index (χ2n) is 3.25. The maximum Gasteiger partial charge on any atom is 0.168 e. The van der Waals surface area contributed by atoms with Crippen LogP contribution in [0.5, 0.6) is 11.5 Å². The van der Waals surface area contributed by atoms with E-state index in [-0.39, 0.29) is 5.69 Å². The summed E-state index contributed by atoms with van der Waals surface area (Å²) in [6.45, 7) is 0. The number of para-hydroxylation sites is 1. The topological polar surface area (TPSA) is 71.9 Å². The van der Waals surface area contributed by atoms with Crippen molar-refractivity contribution < 1.29 is 4.74 Å². The normalized spacial score (nSPS) is 9.65. The van der Waals surface area contributed by atoms with Gasteiger partial charge in [0, 0.05) is 12.3 Å². The van der Waals surface area contributed by atoms with E-state index >= 15 is 0 Å².